The third-order valence-electron chi connectivity index (χ3n) is 3.90. The Morgan fingerprint density at radius 1 is 1.15 bits per heavy atom. The number of aromatic hydroxyl groups is 1. The first-order valence-electron chi connectivity index (χ1n) is 8.63. The smallest absolute Gasteiger partial charge is 0.307 e. The topological polar surface area (TPSA) is 95.9 Å². The molecule has 0 heterocycles. The summed E-state index contributed by atoms with van der Waals surface area (Å²) in [6, 6.07) is 10.2. The maximum absolute atomic E-state index is 12.1. The number of amides is 1. The van der Waals surface area contributed by atoms with E-state index in [1.165, 1.54) is 23.8 Å². The van der Waals surface area contributed by atoms with Crippen LogP contribution in [0.15, 0.2) is 40.9 Å². The number of nitrogens with one attached hydrogen (secondary N) is 1. The van der Waals surface area contributed by atoms with Gasteiger partial charge in [-0.2, -0.15) is 0 Å². The first kappa shape index (κ1) is 20.8. The molecule has 144 valence electrons. The van der Waals surface area contributed by atoms with Crippen molar-refractivity contribution in [2.75, 3.05) is 11.9 Å². The molecule has 0 bridgehead atoms. The number of phenolic OH excluding ortho intramolecular Hbond substituents is 1. The highest BCUT2D eigenvalue weighted by atomic mass is 79.9. The molecule has 0 spiro atoms. The van der Waals surface area contributed by atoms with E-state index in [9.17, 15) is 14.7 Å². The van der Waals surface area contributed by atoms with Crippen molar-refractivity contribution in [3.63, 3.8) is 0 Å². The normalized spacial score (nSPS) is 10.4. The van der Waals surface area contributed by atoms with Crippen LogP contribution < -0.4 is 10.1 Å². The second-order valence-corrected chi connectivity index (χ2v) is 6.89. The van der Waals surface area contributed by atoms with E-state index in [-0.39, 0.29) is 30.2 Å². The summed E-state index contributed by atoms with van der Waals surface area (Å²) < 4.78 is 6.56. The number of hydrogen-bond acceptors (Lipinski definition) is 4. The Hall–Kier alpha value is -2.54. The van der Waals surface area contributed by atoms with Crippen LogP contribution in [0.5, 0.6) is 11.5 Å². The number of halogens is 1. The molecule has 27 heavy (non-hydrogen) atoms. The van der Waals surface area contributed by atoms with Crippen LogP contribution in [0, 0.1) is 0 Å². The zero-order chi connectivity index (χ0) is 19.8. The van der Waals surface area contributed by atoms with Gasteiger partial charge in [0.25, 0.3) is 0 Å². The summed E-state index contributed by atoms with van der Waals surface area (Å²) in [5.41, 5.74) is 1.91. The minimum absolute atomic E-state index is 0.103. The van der Waals surface area contributed by atoms with E-state index < -0.39 is 5.97 Å². The number of ether oxygens (including phenoxy) is 1. The van der Waals surface area contributed by atoms with Crippen LogP contribution in [-0.4, -0.2) is 28.7 Å². The Morgan fingerprint density at radius 3 is 2.56 bits per heavy atom. The summed E-state index contributed by atoms with van der Waals surface area (Å²) in [6.45, 7) is 2.46. The van der Waals surface area contributed by atoms with E-state index in [2.05, 4.69) is 28.2 Å². The van der Waals surface area contributed by atoms with Crippen LogP contribution >= 0.6 is 15.9 Å². The molecule has 2 aromatic carbocycles. The quantitative estimate of drug-likeness (QED) is 0.406. The monoisotopic (exact) mass is 435 g/mol. The molecule has 6 nitrogen and oxygen atoms in total. The number of phenols is 1. The molecule has 0 aliphatic carbocycles. The molecule has 0 saturated heterocycles. The Balaban J connectivity index is 1.82. The molecule has 1 amide bonds. The van der Waals surface area contributed by atoms with Gasteiger partial charge in [0.2, 0.25) is 5.91 Å². The van der Waals surface area contributed by atoms with Crippen molar-refractivity contribution >= 4 is 33.5 Å². The van der Waals surface area contributed by atoms with Gasteiger partial charge < -0.3 is 20.3 Å². The predicted molar refractivity (Wildman–Crippen MR) is 106 cm³/mol. The largest absolute Gasteiger partial charge is 0.506 e. The van der Waals surface area contributed by atoms with Gasteiger partial charge in [0, 0.05) is 6.42 Å². The lowest BCUT2D eigenvalue weighted by molar-refractivity contribution is -0.136. The molecule has 0 radical (unpaired) electrons. The molecule has 0 aliphatic heterocycles. The van der Waals surface area contributed by atoms with Gasteiger partial charge in [-0.1, -0.05) is 19.1 Å². The zero-order valence-corrected chi connectivity index (χ0v) is 16.6. The van der Waals surface area contributed by atoms with E-state index >= 15 is 0 Å². The fourth-order valence-electron chi connectivity index (χ4n) is 2.48. The minimum Gasteiger partial charge on any atom is -0.506 e. The van der Waals surface area contributed by atoms with Gasteiger partial charge in [-0.25, -0.2) is 0 Å². The summed E-state index contributed by atoms with van der Waals surface area (Å²) in [7, 11) is 0. The van der Waals surface area contributed by atoms with Gasteiger partial charge >= 0.3 is 5.97 Å². The average molecular weight is 436 g/mol. The first-order chi connectivity index (χ1) is 12.9. The van der Waals surface area contributed by atoms with Gasteiger partial charge in [0.1, 0.15) is 11.5 Å². The molecule has 0 saturated carbocycles. The number of carbonyl (C=O) groups is 2. The molecule has 2 rings (SSSR count). The van der Waals surface area contributed by atoms with Crippen LogP contribution in [0.25, 0.3) is 0 Å². The van der Waals surface area contributed by atoms with E-state index in [1.807, 2.05) is 18.2 Å². The maximum atomic E-state index is 12.1. The zero-order valence-electron chi connectivity index (χ0n) is 15.0. The molecule has 0 atom stereocenters. The second-order valence-electron chi connectivity index (χ2n) is 6.04. The van der Waals surface area contributed by atoms with Crippen LogP contribution in [0.2, 0.25) is 0 Å². The third kappa shape index (κ3) is 6.60. The van der Waals surface area contributed by atoms with Crippen molar-refractivity contribution in [1.29, 1.82) is 0 Å². The van der Waals surface area contributed by atoms with Gasteiger partial charge in [0.05, 0.1) is 23.2 Å². The highest BCUT2D eigenvalue weighted by Gasteiger charge is 2.10. The van der Waals surface area contributed by atoms with Crippen LogP contribution in [0.1, 0.15) is 30.9 Å². The summed E-state index contributed by atoms with van der Waals surface area (Å²) >= 11 is 3.47. The molecular formula is C20H22BrNO5. The molecule has 3 N–H and O–H groups in total. The third-order valence-corrected chi connectivity index (χ3v) is 4.52. The van der Waals surface area contributed by atoms with Gasteiger partial charge in [-0.3, -0.25) is 9.59 Å². The summed E-state index contributed by atoms with van der Waals surface area (Å²) in [6.07, 6.45) is 1.49. The molecule has 2 aromatic rings. The van der Waals surface area contributed by atoms with Gasteiger partial charge in [0.15, 0.2) is 0 Å². The Kier molecular flexibility index (Phi) is 7.67. The van der Waals surface area contributed by atoms with Crippen LogP contribution in [-0.2, 0) is 22.4 Å². The number of aliphatic carboxylic acids is 1. The fraction of sp³-hybridized carbons (Fsp3) is 0.300. The Bertz CT molecular complexity index is 822. The number of carboxylic acids is 1. The Morgan fingerprint density at radius 2 is 1.89 bits per heavy atom. The van der Waals surface area contributed by atoms with Gasteiger partial charge in [-0.15, -0.1) is 0 Å². The fourth-order valence-corrected chi connectivity index (χ4v) is 3.02. The molecular weight excluding hydrogens is 414 g/mol. The number of benzene rings is 2. The molecule has 0 unspecified atom stereocenters. The maximum Gasteiger partial charge on any atom is 0.307 e. The summed E-state index contributed by atoms with van der Waals surface area (Å²) in [4.78, 5) is 22.8. The van der Waals surface area contributed by atoms with Crippen LogP contribution in [0.3, 0.4) is 0 Å². The molecule has 0 aliphatic rings. The summed E-state index contributed by atoms with van der Waals surface area (Å²) in [5.74, 6) is -0.629. The van der Waals surface area contributed by atoms with E-state index in [4.69, 9.17) is 9.84 Å². The van der Waals surface area contributed by atoms with Crippen molar-refractivity contribution in [2.24, 2.45) is 0 Å². The van der Waals surface area contributed by atoms with Crippen molar-refractivity contribution in [1.82, 2.24) is 0 Å². The highest BCUT2D eigenvalue weighted by molar-refractivity contribution is 9.10. The predicted octanol–water partition coefficient (Wildman–Crippen LogP) is 4.14. The highest BCUT2D eigenvalue weighted by Crippen LogP contribution is 2.27. The van der Waals surface area contributed by atoms with Gasteiger partial charge in [-0.05, 0) is 64.2 Å². The Labute approximate surface area is 166 Å². The molecule has 0 fully saturated rings. The second kappa shape index (κ2) is 9.97. The lowest BCUT2D eigenvalue weighted by Gasteiger charge is -2.11. The minimum atomic E-state index is -0.978. The number of carbonyl (C=O) groups excluding carboxylic acids is 1. The van der Waals surface area contributed by atoms with E-state index in [0.717, 1.165) is 16.6 Å². The number of hydrogen-bond donors (Lipinski definition) is 3. The molecule has 7 heteroatoms. The number of rotatable bonds is 9. The standard InChI is InChI=1S/C20H22BrNO5/c1-2-13-6-8-18(15(21)10-13)27-9-3-4-19(24)22-16-11-14(12-20(25)26)5-7-17(16)23/h5-8,10-11,23H,2-4,9,12H2,1H3,(H,22,24)(H,25,26). The van der Waals surface area contributed by atoms with E-state index in [1.54, 1.807) is 0 Å². The number of carboxylic acid groups (broad SMARTS) is 1. The van der Waals surface area contributed by atoms with Crippen LogP contribution in [0.4, 0.5) is 5.69 Å². The lowest BCUT2D eigenvalue weighted by Crippen LogP contribution is -2.13. The summed E-state index contributed by atoms with van der Waals surface area (Å²) in [5, 5.41) is 21.2. The van der Waals surface area contributed by atoms with E-state index in [0.29, 0.717) is 18.6 Å². The van der Waals surface area contributed by atoms with Crippen molar-refractivity contribution < 1.29 is 24.5 Å². The number of aryl methyl sites for hydroxylation is 1. The first-order valence-corrected chi connectivity index (χ1v) is 9.43. The molecule has 0 aromatic heterocycles. The van der Waals surface area contributed by atoms with Crippen molar-refractivity contribution in [3.8, 4) is 11.5 Å². The lowest BCUT2D eigenvalue weighted by atomic mass is 10.1. The van der Waals surface area contributed by atoms with Crippen molar-refractivity contribution in [2.45, 2.75) is 32.6 Å². The SMILES string of the molecule is CCc1ccc(OCCCC(=O)Nc2cc(CC(=O)O)ccc2O)c(Br)c1. The number of anilines is 1. The average Bonchev–Trinajstić information content (AvgIpc) is 2.62. The van der Waals surface area contributed by atoms with Crippen molar-refractivity contribution in [3.05, 3.63) is 52.0 Å².